The van der Waals surface area contributed by atoms with Crippen LogP contribution in [0.5, 0.6) is 0 Å². The minimum atomic E-state index is -0.933. The number of ether oxygens (including phenoxy) is 1. The van der Waals surface area contributed by atoms with E-state index >= 15 is 0 Å². The van der Waals surface area contributed by atoms with Crippen LogP contribution in [0.15, 0.2) is 85.1 Å². The molecule has 9 heteroatoms. The van der Waals surface area contributed by atoms with Gasteiger partial charge in [-0.1, -0.05) is 54.6 Å². The molecular formula is C29H24FN3O5. The molecule has 2 heterocycles. The Bertz CT molecular complexity index is 1510. The molecule has 38 heavy (non-hydrogen) atoms. The molecule has 0 atom stereocenters. The van der Waals surface area contributed by atoms with E-state index in [0.29, 0.717) is 5.56 Å². The maximum Gasteiger partial charge on any atom is 0.418 e. The van der Waals surface area contributed by atoms with E-state index in [9.17, 15) is 23.6 Å². The first-order valence-corrected chi connectivity index (χ1v) is 12.1. The number of carbonyl (C=O) groups excluding carboxylic acids is 4. The fourth-order valence-corrected chi connectivity index (χ4v) is 4.49. The molecule has 2 amide bonds. The number of halogens is 1. The third-order valence-corrected chi connectivity index (χ3v) is 6.49. The summed E-state index contributed by atoms with van der Waals surface area (Å²) in [6.45, 7) is 0.818. The lowest BCUT2D eigenvalue weighted by atomic mass is 10.1. The quantitative estimate of drug-likeness (QED) is 0.296. The van der Waals surface area contributed by atoms with Gasteiger partial charge in [0.05, 0.1) is 11.1 Å². The number of fused-ring (bicyclic) bond motifs is 1. The molecule has 3 aromatic carbocycles. The van der Waals surface area contributed by atoms with Gasteiger partial charge in [0.1, 0.15) is 12.4 Å². The van der Waals surface area contributed by atoms with Crippen molar-refractivity contribution in [3.8, 4) is 0 Å². The van der Waals surface area contributed by atoms with Gasteiger partial charge in [0.25, 0.3) is 17.6 Å². The number of piperazine rings is 1. The van der Waals surface area contributed by atoms with Crippen LogP contribution >= 0.6 is 0 Å². The first kappa shape index (κ1) is 24.9. The number of hydrogen-bond acceptors (Lipinski definition) is 5. The predicted octanol–water partition coefficient (Wildman–Crippen LogP) is 4.13. The predicted molar refractivity (Wildman–Crippen MR) is 137 cm³/mol. The maximum atomic E-state index is 14.9. The number of ketones is 1. The summed E-state index contributed by atoms with van der Waals surface area (Å²) in [6.07, 6.45) is 0.347. The summed E-state index contributed by atoms with van der Waals surface area (Å²) in [5.41, 5.74) is 1.21. The third-order valence-electron chi connectivity index (χ3n) is 6.49. The van der Waals surface area contributed by atoms with Crippen LogP contribution in [-0.2, 0) is 16.1 Å². The standard InChI is InChI=1S/C29H24FN3O5/c30-23-12-7-13-24-25(23)22(18-33(24)29(37)38-19-20-8-3-1-4-9-20)26(34)28(36)32-16-14-31(15-17-32)27(35)21-10-5-2-6-11-21/h1-13,18H,14-17,19H2. The Hall–Kier alpha value is -4.79. The Morgan fingerprint density at radius 2 is 1.39 bits per heavy atom. The topological polar surface area (TPSA) is 88.9 Å². The molecule has 0 unspecified atom stereocenters. The van der Waals surface area contributed by atoms with E-state index in [0.717, 1.165) is 22.4 Å². The lowest BCUT2D eigenvalue weighted by Gasteiger charge is -2.34. The Morgan fingerprint density at radius 1 is 0.763 bits per heavy atom. The summed E-state index contributed by atoms with van der Waals surface area (Å²) < 4.78 is 21.3. The van der Waals surface area contributed by atoms with Gasteiger partial charge in [-0.15, -0.1) is 0 Å². The van der Waals surface area contributed by atoms with E-state index in [1.54, 1.807) is 41.3 Å². The summed E-state index contributed by atoms with van der Waals surface area (Å²) in [6, 6.07) is 21.9. The molecule has 1 aromatic heterocycles. The Balaban J connectivity index is 1.32. The Kier molecular flexibility index (Phi) is 6.99. The molecule has 1 aliphatic heterocycles. The van der Waals surface area contributed by atoms with Crippen molar-refractivity contribution in [2.75, 3.05) is 26.2 Å². The van der Waals surface area contributed by atoms with Crippen LogP contribution in [0.4, 0.5) is 9.18 Å². The van der Waals surface area contributed by atoms with E-state index in [1.807, 2.05) is 24.3 Å². The highest BCUT2D eigenvalue weighted by Crippen LogP contribution is 2.26. The second-order valence-electron chi connectivity index (χ2n) is 8.87. The van der Waals surface area contributed by atoms with Gasteiger partial charge in [-0.05, 0) is 29.8 Å². The van der Waals surface area contributed by atoms with Crippen molar-refractivity contribution in [1.29, 1.82) is 0 Å². The second kappa shape index (κ2) is 10.7. The van der Waals surface area contributed by atoms with Crippen molar-refractivity contribution in [2.45, 2.75) is 6.61 Å². The van der Waals surface area contributed by atoms with Crippen LogP contribution in [0.2, 0.25) is 0 Å². The smallest absolute Gasteiger partial charge is 0.418 e. The highest BCUT2D eigenvalue weighted by Gasteiger charge is 2.32. The highest BCUT2D eigenvalue weighted by atomic mass is 19.1. The van der Waals surface area contributed by atoms with Crippen LogP contribution in [0, 0.1) is 5.82 Å². The summed E-state index contributed by atoms with van der Waals surface area (Å²) in [5, 5.41) is -0.125. The molecule has 4 aromatic rings. The average Bonchev–Trinajstić information content (AvgIpc) is 3.37. The van der Waals surface area contributed by atoms with Gasteiger partial charge in [0.15, 0.2) is 0 Å². The Morgan fingerprint density at radius 3 is 2.08 bits per heavy atom. The third kappa shape index (κ3) is 4.90. The normalized spacial score (nSPS) is 13.4. The second-order valence-corrected chi connectivity index (χ2v) is 8.87. The van der Waals surface area contributed by atoms with Crippen molar-refractivity contribution in [2.24, 2.45) is 0 Å². The zero-order chi connectivity index (χ0) is 26.6. The van der Waals surface area contributed by atoms with E-state index in [1.165, 1.54) is 17.0 Å². The molecule has 0 saturated carbocycles. The summed E-state index contributed by atoms with van der Waals surface area (Å²) >= 11 is 0. The van der Waals surface area contributed by atoms with Gasteiger partial charge < -0.3 is 14.5 Å². The van der Waals surface area contributed by atoms with E-state index in [4.69, 9.17) is 4.74 Å². The zero-order valence-electron chi connectivity index (χ0n) is 20.4. The molecule has 5 rings (SSSR count). The molecule has 0 radical (unpaired) electrons. The van der Waals surface area contributed by atoms with Crippen LogP contribution in [0.1, 0.15) is 26.3 Å². The van der Waals surface area contributed by atoms with Crippen molar-refractivity contribution < 1.29 is 28.3 Å². The van der Waals surface area contributed by atoms with Crippen LogP contribution < -0.4 is 0 Å². The fraction of sp³-hybridized carbons (Fsp3) is 0.172. The average molecular weight is 514 g/mol. The number of nitrogens with zero attached hydrogens (tertiary/aromatic N) is 3. The minimum Gasteiger partial charge on any atom is -0.444 e. The van der Waals surface area contributed by atoms with E-state index in [2.05, 4.69) is 0 Å². The number of benzene rings is 3. The SMILES string of the molecule is O=C(C(=O)N1CCN(C(=O)c2ccccc2)CC1)c1cn(C(=O)OCc2ccccc2)c2cccc(F)c12. The van der Waals surface area contributed by atoms with Crippen molar-refractivity contribution in [3.63, 3.8) is 0 Å². The number of hydrogen-bond donors (Lipinski definition) is 0. The number of aromatic nitrogens is 1. The number of carbonyl (C=O) groups is 4. The lowest BCUT2D eigenvalue weighted by molar-refractivity contribution is -0.127. The maximum absolute atomic E-state index is 14.9. The molecular weight excluding hydrogens is 489 g/mol. The van der Waals surface area contributed by atoms with E-state index in [-0.39, 0.29) is 55.2 Å². The van der Waals surface area contributed by atoms with Crippen LogP contribution in [0.3, 0.4) is 0 Å². The number of Topliss-reactive ketones (excluding diaryl/α,β-unsaturated/α-hetero) is 1. The first-order chi connectivity index (χ1) is 18.4. The summed E-state index contributed by atoms with van der Waals surface area (Å²) in [5.74, 6) is -2.64. The van der Waals surface area contributed by atoms with Crippen LogP contribution in [0.25, 0.3) is 10.9 Å². The highest BCUT2D eigenvalue weighted by molar-refractivity contribution is 6.45. The first-order valence-electron chi connectivity index (χ1n) is 12.1. The molecule has 1 saturated heterocycles. The summed E-state index contributed by atoms with van der Waals surface area (Å²) in [4.78, 5) is 54.9. The van der Waals surface area contributed by atoms with Crippen molar-refractivity contribution in [1.82, 2.24) is 14.4 Å². The molecule has 0 bridgehead atoms. The van der Waals surface area contributed by atoms with Gasteiger partial charge in [-0.25, -0.2) is 9.18 Å². The molecule has 0 spiro atoms. The van der Waals surface area contributed by atoms with E-state index < -0.39 is 23.6 Å². The van der Waals surface area contributed by atoms with Crippen molar-refractivity contribution >= 4 is 34.6 Å². The minimum absolute atomic E-state index is 0.0111. The molecule has 192 valence electrons. The van der Waals surface area contributed by atoms with Gasteiger partial charge in [0.2, 0.25) is 0 Å². The van der Waals surface area contributed by atoms with Gasteiger partial charge in [-0.2, -0.15) is 0 Å². The molecule has 1 fully saturated rings. The Labute approximate surface area is 217 Å². The molecule has 0 N–H and O–H groups in total. The molecule has 0 aliphatic carbocycles. The number of amides is 2. The van der Waals surface area contributed by atoms with Gasteiger partial charge >= 0.3 is 6.09 Å². The largest absolute Gasteiger partial charge is 0.444 e. The van der Waals surface area contributed by atoms with Gasteiger partial charge in [-0.3, -0.25) is 19.0 Å². The molecule has 8 nitrogen and oxygen atoms in total. The van der Waals surface area contributed by atoms with Crippen LogP contribution in [-0.4, -0.2) is 64.2 Å². The van der Waals surface area contributed by atoms with Crippen molar-refractivity contribution in [3.05, 3.63) is 108 Å². The fourth-order valence-electron chi connectivity index (χ4n) is 4.49. The number of rotatable bonds is 5. The molecule has 1 aliphatic rings. The monoisotopic (exact) mass is 513 g/mol. The summed E-state index contributed by atoms with van der Waals surface area (Å²) in [7, 11) is 0. The zero-order valence-corrected chi connectivity index (χ0v) is 20.4. The van der Waals surface area contributed by atoms with Gasteiger partial charge in [0, 0.05) is 43.3 Å². The lowest BCUT2D eigenvalue weighted by Crippen LogP contribution is -2.52.